The van der Waals surface area contributed by atoms with Crippen molar-refractivity contribution >= 4 is 93.2 Å². The van der Waals surface area contributed by atoms with Crippen molar-refractivity contribution in [2.24, 2.45) is 20.5 Å². The van der Waals surface area contributed by atoms with Crippen LogP contribution in [0.5, 0.6) is 5.75 Å². The molecule has 258 valence electrons. The van der Waals surface area contributed by atoms with Crippen LogP contribution < -0.4 is 5.73 Å². The lowest BCUT2D eigenvalue weighted by molar-refractivity contribution is -0.432. The van der Waals surface area contributed by atoms with Crippen LogP contribution in [0.15, 0.2) is 89.7 Å². The predicted molar refractivity (Wildman–Crippen MR) is 171 cm³/mol. The maximum atomic E-state index is 12.4. The van der Waals surface area contributed by atoms with Gasteiger partial charge in [0, 0.05) is 5.02 Å². The van der Waals surface area contributed by atoms with Gasteiger partial charge in [0.25, 0.3) is 10.1 Å². The molecule has 0 heterocycles. The van der Waals surface area contributed by atoms with Crippen LogP contribution in [0.1, 0.15) is 5.56 Å². The van der Waals surface area contributed by atoms with Gasteiger partial charge in [-0.25, -0.2) is 17.9 Å². The molecule has 0 atom stereocenters. The van der Waals surface area contributed by atoms with Gasteiger partial charge < -0.3 is 10.8 Å². The van der Waals surface area contributed by atoms with Gasteiger partial charge in [0.1, 0.15) is 28.0 Å². The molecule has 0 spiro atoms. The molecule has 0 aromatic heterocycles. The Labute approximate surface area is 285 Å². The third kappa shape index (κ3) is 9.23. The fraction of sp³-hybridized carbons (Fsp3) is 0.0800. The predicted octanol–water partition coefficient (Wildman–Crippen LogP) is 5.75. The molecule has 0 radical (unpaired) electrons. The van der Waals surface area contributed by atoms with Gasteiger partial charge >= 0.3 is 10.4 Å². The van der Waals surface area contributed by atoms with Crippen molar-refractivity contribution in [1.82, 2.24) is 0 Å². The lowest BCUT2D eigenvalue weighted by atomic mass is 10.1. The van der Waals surface area contributed by atoms with E-state index < -0.39 is 59.0 Å². The minimum atomic E-state index is -5.10. The lowest BCUT2D eigenvalue weighted by Gasteiger charge is -2.14. The first-order chi connectivity index (χ1) is 22.9. The standard InChI is InChI=1S/C25H19ClN6O13S4/c26-15-1-6-18(14(9-15)12-27)30-31-23-19(46-45-44-34)10-13-11-20(48(37,38)39)24(25(33)21(13)22(23)28)32-29-16-2-4-17(5-3-16)47(35,36)8-7-43-49(40,41)42/h1-6,9-11,33-34H,7-8,28H2,(H,37,38,39)(H,40,41,42). The molecule has 0 saturated carbocycles. The summed E-state index contributed by atoms with van der Waals surface area (Å²) in [5, 5.41) is 48.5. The Hall–Kier alpha value is -4.32. The second-order valence-corrected chi connectivity index (χ2v) is 15.0. The highest BCUT2D eigenvalue weighted by Gasteiger charge is 2.26. The summed E-state index contributed by atoms with van der Waals surface area (Å²) < 4.78 is 98.0. The zero-order chi connectivity index (χ0) is 36.1. The summed E-state index contributed by atoms with van der Waals surface area (Å²) in [5.74, 6) is -1.71. The molecule has 19 nitrogen and oxygen atoms in total. The lowest BCUT2D eigenvalue weighted by Crippen LogP contribution is -2.15. The zero-order valence-electron chi connectivity index (χ0n) is 23.9. The number of anilines is 1. The van der Waals surface area contributed by atoms with Crippen LogP contribution in [0.2, 0.25) is 5.02 Å². The molecular formula is C25H19ClN6O13S4. The molecule has 49 heavy (non-hydrogen) atoms. The second-order valence-electron chi connectivity index (χ2n) is 9.24. The number of aromatic hydroxyl groups is 1. The van der Waals surface area contributed by atoms with Crippen LogP contribution in [0.3, 0.4) is 0 Å². The van der Waals surface area contributed by atoms with E-state index in [-0.39, 0.29) is 53.9 Å². The summed E-state index contributed by atoms with van der Waals surface area (Å²) in [6.45, 7) is -0.862. The first-order valence-electron chi connectivity index (χ1n) is 12.7. The van der Waals surface area contributed by atoms with E-state index in [1.54, 1.807) is 0 Å². The van der Waals surface area contributed by atoms with Gasteiger partial charge in [0.15, 0.2) is 15.6 Å². The number of phenols is 1. The molecule has 0 aliphatic carbocycles. The molecule has 0 unspecified atom stereocenters. The molecule has 0 fully saturated rings. The van der Waals surface area contributed by atoms with E-state index in [1.807, 2.05) is 6.07 Å². The molecule has 4 aromatic rings. The quantitative estimate of drug-likeness (QED) is 0.0269. The van der Waals surface area contributed by atoms with E-state index in [9.17, 15) is 40.2 Å². The number of hydrogen-bond acceptors (Lipinski definition) is 18. The summed E-state index contributed by atoms with van der Waals surface area (Å²) in [5.41, 5.74) is 5.02. The van der Waals surface area contributed by atoms with Crippen molar-refractivity contribution in [3.63, 3.8) is 0 Å². The number of halogens is 1. The average molecular weight is 775 g/mol. The van der Waals surface area contributed by atoms with Crippen molar-refractivity contribution in [3.05, 3.63) is 65.2 Å². The van der Waals surface area contributed by atoms with Crippen LogP contribution >= 0.6 is 23.6 Å². The van der Waals surface area contributed by atoms with Gasteiger partial charge in [0.05, 0.1) is 56.5 Å². The largest absolute Gasteiger partial charge is 0.505 e. The highest BCUT2D eigenvalue weighted by atomic mass is 35.5. The number of rotatable bonds is 13. The van der Waals surface area contributed by atoms with E-state index in [0.717, 1.165) is 30.3 Å². The average Bonchev–Trinajstić information content (AvgIpc) is 3.02. The van der Waals surface area contributed by atoms with Gasteiger partial charge in [-0.2, -0.15) is 27.2 Å². The number of nitrogens with two attached hydrogens (primary N) is 1. The SMILES string of the molecule is N#Cc1cc(Cl)ccc1N=Nc1c(SOOO)cc2cc(S(=O)(=O)O)c(N=Nc3ccc(S(=O)(=O)CCOS(=O)(=O)O)cc3)c(O)c2c1N. The van der Waals surface area contributed by atoms with Crippen molar-refractivity contribution in [1.29, 1.82) is 5.26 Å². The van der Waals surface area contributed by atoms with Gasteiger partial charge in [-0.05, 0) is 60.0 Å². The first-order valence-corrected chi connectivity index (χ1v) is 18.2. The van der Waals surface area contributed by atoms with Crippen molar-refractivity contribution < 1.29 is 58.3 Å². The Morgan fingerprint density at radius 1 is 0.918 bits per heavy atom. The molecule has 4 aromatic carbocycles. The van der Waals surface area contributed by atoms with E-state index in [4.69, 9.17) is 27.1 Å². The first kappa shape index (κ1) is 37.5. The number of phenolic OH excluding ortho intramolecular Hbond substituents is 1. The summed E-state index contributed by atoms with van der Waals surface area (Å²) in [4.78, 5) is -1.27. The number of azo groups is 2. The molecule has 0 amide bonds. The fourth-order valence-electron chi connectivity index (χ4n) is 4.01. The molecule has 0 saturated heterocycles. The van der Waals surface area contributed by atoms with Gasteiger partial charge in [-0.3, -0.25) is 9.11 Å². The number of nitrogens with zero attached hydrogens (tertiary/aromatic N) is 5. The summed E-state index contributed by atoms with van der Waals surface area (Å²) in [6.07, 6.45) is 0. The van der Waals surface area contributed by atoms with E-state index in [2.05, 4.69) is 34.0 Å². The molecule has 0 aliphatic rings. The molecule has 6 N–H and O–H groups in total. The zero-order valence-corrected chi connectivity index (χ0v) is 27.9. The highest BCUT2D eigenvalue weighted by molar-refractivity contribution is 7.94. The van der Waals surface area contributed by atoms with Crippen molar-refractivity contribution in [2.45, 2.75) is 14.7 Å². The van der Waals surface area contributed by atoms with Crippen LogP contribution in [0.4, 0.5) is 28.4 Å². The van der Waals surface area contributed by atoms with E-state index >= 15 is 0 Å². The third-order valence-electron chi connectivity index (χ3n) is 6.13. The Balaban J connectivity index is 1.81. The number of nitriles is 1. The number of fused-ring (bicyclic) bond motifs is 1. The summed E-state index contributed by atoms with van der Waals surface area (Å²) in [6, 6.07) is 12.5. The smallest absolute Gasteiger partial charge is 0.397 e. The monoisotopic (exact) mass is 774 g/mol. The number of nitrogen functional groups attached to an aromatic ring is 1. The van der Waals surface area contributed by atoms with Crippen LogP contribution in [-0.4, -0.2) is 57.1 Å². The van der Waals surface area contributed by atoms with E-state index in [1.165, 1.54) is 24.3 Å². The Morgan fingerprint density at radius 2 is 1.59 bits per heavy atom. The van der Waals surface area contributed by atoms with Crippen LogP contribution in [-0.2, 0) is 43.9 Å². The molecule has 24 heteroatoms. The maximum absolute atomic E-state index is 12.4. The van der Waals surface area contributed by atoms with Gasteiger partial charge in [-0.1, -0.05) is 16.6 Å². The maximum Gasteiger partial charge on any atom is 0.397 e. The summed E-state index contributed by atoms with van der Waals surface area (Å²) >= 11 is 6.27. The topological polar surface area (TPSA) is 310 Å². The van der Waals surface area contributed by atoms with Crippen LogP contribution in [0, 0.1) is 11.3 Å². The number of hydrogen-bond donors (Lipinski definition) is 5. The molecule has 0 aliphatic heterocycles. The molecular weight excluding hydrogens is 756 g/mol. The van der Waals surface area contributed by atoms with Gasteiger partial charge in [0.2, 0.25) is 0 Å². The van der Waals surface area contributed by atoms with Crippen molar-refractivity contribution in [2.75, 3.05) is 18.1 Å². The second kappa shape index (κ2) is 15.1. The Morgan fingerprint density at radius 3 is 2.20 bits per heavy atom. The summed E-state index contributed by atoms with van der Waals surface area (Å²) in [7, 11) is -14.0. The minimum absolute atomic E-state index is 0.0416. The molecule has 0 bridgehead atoms. The number of sulfone groups is 1. The Bertz CT molecular complexity index is 2370. The third-order valence-corrected chi connectivity index (χ3v) is 10.0. The Kier molecular flexibility index (Phi) is 11.5. The van der Waals surface area contributed by atoms with Crippen LogP contribution in [0.25, 0.3) is 10.8 Å². The minimum Gasteiger partial charge on any atom is -0.505 e. The van der Waals surface area contributed by atoms with Gasteiger partial charge in [-0.15, -0.1) is 19.7 Å². The molecule has 4 rings (SSSR count). The van der Waals surface area contributed by atoms with E-state index in [0.29, 0.717) is 12.0 Å². The number of benzene rings is 4. The fourth-order valence-corrected chi connectivity index (χ4v) is 6.83. The van der Waals surface area contributed by atoms with Crippen molar-refractivity contribution in [3.8, 4) is 11.8 Å². The highest BCUT2D eigenvalue weighted by Crippen LogP contribution is 2.49. The normalized spacial score (nSPS) is 12.6.